The number of rotatable bonds is 1. The molecule has 0 aliphatic rings. The van der Waals surface area contributed by atoms with Gasteiger partial charge in [-0.3, -0.25) is 0 Å². The van der Waals surface area contributed by atoms with Crippen LogP contribution in [0.5, 0.6) is 0 Å². The molecule has 0 fully saturated rings. The minimum absolute atomic E-state index is 0.853. The highest BCUT2D eigenvalue weighted by molar-refractivity contribution is 5.78. The van der Waals surface area contributed by atoms with Gasteiger partial charge in [-0.1, -0.05) is 6.07 Å². The third kappa shape index (κ3) is 1.57. The van der Waals surface area contributed by atoms with Gasteiger partial charge >= 0.3 is 0 Å². The minimum atomic E-state index is 0.853. The van der Waals surface area contributed by atoms with Crippen molar-refractivity contribution in [2.75, 3.05) is 0 Å². The Bertz CT molecular complexity index is 728. The summed E-state index contributed by atoms with van der Waals surface area (Å²) in [5.41, 5.74) is 5.37. The fourth-order valence-electron chi connectivity index (χ4n) is 2.01. The maximum atomic E-state index is 4.41. The van der Waals surface area contributed by atoms with E-state index in [9.17, 15) is 0 Å². The van der Waals surface area contributed by atoms with Crippen LogP contribution in [0.15, 0.2) is 30.7 Å². The quantitative estimate of drug-likeness (QED) is 0.654. The smallest absolute Gasteiger partial charge is 0.166 e. The third-order valence-electron chi connectivity index (χ3n) is 3.30. The monoisotopic (exact) mass is 238 g/mol. The zero-order valence-corrected chi connectivity index (χ0v) is 10.7. The van der Waals surface area contributed by atoms with Crippen LogP contribution in [0.1, 0.15) is 16.8 Å². The molecule has 90 valence electrons. The Balaban J connectivity index is 2.25. The highest BCUT2D eigenvalue weighted by Gasteiger charge is 2.08. The van der Waals surface area contributed by atoms with Crippen molar-refractivity contribution < 1.29 is 0 Å². The van der Waals surface area contributed by atoms with E-state index in [1.165, 1.54) is 11.1 Å². The average Bonchev–Trinajstić information content (AvgIpc) is 2.78. The van der Waals surface area contributed by atoms with Gasteiger partial charge in [-0.05, 0) is 44.0 Å². The van der Waals surface area contributed by atoms with Crippen LogP contribution in [-0.4, -0.2) is 19.7 Å². The number of hydrogen-bond acceptors (Lipinski definition) is 3. The summed E-state index contributed by atoms with van der Waals surface area (Å²) < 4.78 is 1.86. The molecule has 2 heterocycles. The first kappa shape index (κ1) is 10.9. The van der Waals surface area contributed by atoms with Gasteiger partial charge in [0, 0.05) is 0 Å². The Morgan fingerprint density at radius 3 is 2.61 bits per heavy atom. The molecule has 0 unspecified atom stereocenters. The molecule has 3 aromatic rings. The molecular weight excluding hydrogens is 224 g/mol. The third-order valence-corrected chi connectivity index (χ3v) is 3.30. The minimum Gasteiger partial charge on any atom is -0.241 e. The molecule has 0 atom stereocenters. The van der Waals surface area contributed by atoms with Gasteiger partial charge in [-0.2, -0.15) is 5.10 Å². The number of hydrogen-bond donors (Lipinski definition) is 0. The van der Waals surface area contributed by atoms with E-state index in [2.05, 4.69) is 47.1 Å². The summed E-state index contributed by atoms with van der Waals surface area (Å²) >= 11 is 0. The van der Waals surface area contributed by atoms with Crippen LogP contribution in [0.4, 0.5) is 0 Å². The van der Waals surface area contributed by atoms with Crippen molar-refractivity contribution in [2.45, 2.75) is 20.8 Å². The lowest BCUT2D eigenvalue weighted by molar-refractivity contribution is 0.892. The van der Waals surface area contributed by atoms with Crippen LogP contribution < -0.4 is 0 Å². The topological polar surface area (TPSA) is 43.6 Å². The SMILES string of the molecule is Cc1ccc(-n2ncc3c(C)ncnc32)cc1C. The van der Waals surface area contributed by atoms with Gasteiger partial charge in [0.05, 0.1) is 23.0 Å². The van der Waals surface area contributed by atoms with Crippen molar-refractivity contribution in [1.82, 2.24) is 19.7 Å². The Labute approximate surface area is 105 Å². The molecular formula is C14H14N4. The zero-order chi connectivity index (χ0) is 12.7. The summed E-state index contributed by atoms with van der Waals surface area (Å²) in [6.45, 7) is 6.17. The van der Waals surface area contributed by atoms with Crippen molar-refractivity contribution in [1.29, 1.82) is 0 Å². The van der Waals surface area contributed by atoms with E-state index in [1.807, 2.05) is 17.8 Å². The Morgan fingerprint density at radius 2 is 1.83 bits per heavy atom. The lowest BCUT2D eigenvalue weighted by Gasteiger charge is -2.06. The lowest BCUT2D eigenvalue weighted by atomic mass is 10.1. The molecule has 18 heavy (non-hydrogen) atoms. The highest BCUT2D eigenvalue weighted by atomic mass is 15.3. The summed E-state index contributed by atoms with van der Waals surface area (Å²) in [6.07, 6.45) is 3.40. The van der Waals surface area contributed by atoms with E-state index in [1.54, 1.807) is 6.33 Å². The van der Waals surface area contributed by atoms with Gasteiger partial charge in [0.15, 0.2) is 5.65 Å². The molecule has 0 aliphatic heterocycles. The standard InChI is InChI=1S/C14H14N4/c1-9-4-5-12(6-10(9)2)18-14-13(7-17-18)11(3)15-8-16-14/h4-8H,1-3H3. The van der Waals surface area contributed by atoms with E-state index in [4.69, 9.17) is 0 Å². The van der Waals surface area contributed by atoms with Crippen molar-refractivity contribution >= 4 is 11.0 Å². The molecule has 3 rings (SSSR count). The fourth-order valence-corrected chi connectivity index (χ4v) is 2.01. The average molecular weight is 238 g/mol. The summed E-state index contributed by atoms with van der Waals surface area (Å²) in [5.74, 6) is 0. The first-order valence-electron chi connectivity index (χ1n) is 5.90. The highest BCUT2D eigenvalue weighted by Crippen LogP contribution is 2.19. The van der Waals surface area contributed by atoms with Crippen molar-refractivity contribution in [3.8, 4) is 5.69 Å². The second-order valence-corrected chi connectivity index (χ2v) is 4.52. The van der Waals surface area contributed by atoms with Crippen molar-refractivity contribution in [2.24, 2.45) is 0 Å². The maximum Gasteiger partial charge on any atom is 0.166 e. The molecule has 0 bridgehead atoms. The van der Waals surface area contributed by atoms with E-state index in [-0.39, 0.29) is 0 Å². The number of aryl methyl sites for hydroxylation is 3. The molecule has 0 N–H and O–H groups in total. The van der Waals surface area contributed by atoms with Crippen LogP contribution in [0.25, 0.3) is 16.7 Å². The van der Waals surface area contributed by atoms with Gasteiger partial charge in [0.2, 0.25) is 0 Å². The molecule has 1 aromatic carbocycles. The van der Waals surface area contributed by atoms with Crippen molar-refractivity contribution in [3.05, 3.63) is 47.5 Å². The number of fused-ring (bicyclic) bond motifs is 1. The van der Waals surface area contributed by atoms with Crippen molar-refractivity contribution in [3.63, 3.8) is 0 Å². The molecule has 0 saturated heterocycles. The fraction of sp³-hybridized carbons (Fsp3) is 0.214. The maximum absolute atomic E-state index is 4.41. The lowest BCUT2D eigenvalue weighted by Crippen LogP contribution is -1.99. The second-order valence-electron chi connectivity index (χ2n) is 4.52. The predicted molar refractivity (Wildman–Crippen MR) is 70.9 cm³/mol. The number of benzene rings is 1. The Kier molecular flexibility index (Phi) is 2.37. The van der Waals surface area contributed by atoms with Gasteiger partial charge in [-0.15, -0.1) is 0 Å². The molecule has 0 spiro atoms. The second kappa shape index (κ2) is 3.91. The van der Waals surface area contributed by atoms with E-state index in [0.717, 1.165) is 22.4 Å². The van der Waals surface area contributed by atoms with Crippen LogP contribution in [0.3, 0.4) is 0 Å². The summed E-state index contributed by atoms with van der Waals surface area (Å²) in [7, 11) is 0. The van der Waals surface area contributed by atoms with Crippen LogP contribution in [0.2, 0.25) is 0 Å². The summed E-state index contributed by atoms with van der Waals surface area (Å²) in [4.78, 5) is 8.50. The van der Waals surface area contributed by atoms with Gasteiger partial charge in [0.25, 0.3) is 0 Å². The van der Waals surface area contributed by atoms with E-state index in [0.29, 0.717) is 0 Å². The molecule has 0 radical (unpaired) electrons. The zero-order valence-electron chi connectivity index (χ0n) is 10.7. The number of nitrogens with zero attached hydrogens (tertiary/aromatic N) is 4. The molecule has 0 saturated carbocycles. The normalized spacial score (nSPS) is 11.1. The Morgan fingerprint density at radius 1 is 1.00 bits per heavy atom. The molecule has 0 amide bonds. The summed E-state index contributed by atoms with van der Waals surface area (Å²) in [5, 5.41) is 5.41. The Hall–Kier alpha value is -2.23. The van der Waals surface area contributed by atoms with Gasteiger partial charge in [0.1, 0.15) is 6.33 Å². The van der Waals surface area contributed by atoms with Crippen LogP contribution in [0, 0.1) is 20.8 Å². The largest absolute Gasteiger partial charge is 0.241 e. The molecule has 4 nitrogen and oxygen atoms in total. The van der Waals surface area contributed by atoms with E-state index >= 15 is 0 Å². The van der Waals surface area contributed by atoms with Crippen LogP contribution in [-0.2, 0) is 0 Å². The molecule has 0 aliphatic carbocycles. The first-order chi connectivity index (χ1) is 8.66. The number of aromatic nitrogens is 4. The summed E-state index contributed by atoms with van der Waals surface area (Å²) in [6, 6.07) is 6.29. The van der Waals surface area contributed by atoms with Gasteiger partial charge < -0.3 is 0 Å². The predicted octanol–water partition coefficient (Wildman–Crippen LogP) is 2.74. The van der Waals surface area contributed by atoms with Gasteiger partial charge in [-0.25, -0.2) is 14.6 Å². The van der Waals surface area contributed by atoms with Crippen LogP contribution >= 0.6 is 0 Å². The van der Waals surface area contributed by atoms with E-state index < -0.39 is 0 Å². The first-order valence-corrected chi connectivity index (χ1v) is 5.90. The molecule has 2 aromatic heterocycles. The molecule has 4 heteroatoms.